The van der Waals surface area contributed by atoms with Crippen molar-refractivity contribution in [3.8, 4) is 0 Å². The number of rotatable bonds is 2. The van der Waals surface area contributed by atoms with Crippen LogP contribution in [0.2, 0.25) is 0 Å². The summed E-state index contributed by atoms with van der Waals surface area (Å²) in [4.78, 5) is 19.4. The minimum Gasteiger partial charge on any atom is -0.481 e. The van der Waals surface area contributed by atoms with E-state index in [9.17, 15) is 18.0 Å². The van der Waals surface area contributed by atoms with E-state index in [0.717, 1.165) is 5.56 Å². The molecule has 0 aliphatic carbocycles. The highest BCUT2D eigenvalue weighted by molar-refractivity contribution is 5.75. The smallest absolute Gasteiger partial charge is 0.481 e. The number of alkyl halides is 3. The number of carbonyl (C=O) groups is 2. The van der Waals surface area contributed by atoms with Crippen molar-refractivity contribution >= 4 is 11.9 Å². The molecule has 0 saturated heterocycles. The molecule has 0 spiro atoms. The topological polar surface area (TPSA) is 74.6 Å². The van der Waals surface area contributed by atoms with Gasteiger partial charge in [0.05, 0.1) is 5.92 Å². The van der Waals surface area contributed by atoms with Gasteiger partial charge in [-0.2, -0.15) is 13.2 Å². The van der Waals surface area contributed by atoms with Crippen LogP contribution in [0.1, 0.15) is 18.4 Å². The van der Waals surface area contributed by atoms with Gasteiger partial charge in [-0.15, -0.1) is 0 Å². The molecular weight excluding hydrogens is 253 g/mol. The third-order valence-electron chi connectivity index (χ3n) is 1.91. The Bertz CT molecular complexity index is 400. The lowest BCUT2D eigenvalue weighted by Crippen LogP contribution is -2.21. The molecule has 0 aliphatic rings. The minimum atomic E-state index is -5.08. The molecular formula is C11H11F3O4. The molecule has 7 heteroatoms. The summed E-state index contributed by atoms with van der Waals surface area (Å²) in [7, 11) is 0. The highest BCUT2D eigenvalue weighted by atomic mass is 19.4. The maximum Gasteiger partial charge on any atom is 0.490 e. The van der Waals surface area contributed by atoms with E-state index in [1.54, 1.807) is 6.92 Å². The van der Waals surface area contributed by atoms with Crippen molar-refractivity contribution in [1.29, 1.82) is 0 Å². The van der Waals surface area contributed by atoms with Gasteiger partial charge >= 0.3 is 18.1 Å². The summed E-state index contributed by atoms with van der Waals surface area (Å²) in [6.07, 6.45) is -5.08. The van der Waals surface area contributed by atoms with Gasteiger partial charge in [-0.25, -0.2) is 4.79 Å². The van der Waals surface area contributed by atoms with Gasteiger partial charge in [0, 0.05) is 0 Å². The Balaban J connectivity index is 0.000000360. The van der Waals surface area contributed by atoms with Crippen LogP contribution >= 0.6 is 0 Å². The Kier molecular flexibility index (Phi) is 5.87. The van der Waals surface area contributed by atoms with E-state index < -0.39 is 24.0 Å². The van der Waals surface area contributed by atoms with Gasteiger partial charge in [-0.05, 0) is 12.5 Å². The van der Waals surface area contributed by atoms with E-state index in [0.29, 0.717) is 0 Å². The third kappa shape index (κ3) is 5.88. The standard InChI is InChI=1S/C9H10O2.C2HF3O2/c1-7(9(10)11)8-5-3-2-4-6-8;3-2(4,5)1(6)7/h2-7H,1H3,(H,10,11);(H,6,7). The summed E-state index contributed by atoms with van der Waals surface area (Å²) in [6.45, 7) is 1.68. The average Bonchev–Trinajstić information content (AvgIpc) is 2.28. The number of aliphatic carboxylic acids is 2. The van der Waals surface area contributed by atoms with Crippen LogP contribution in [0, 0.1) is 0 Å². The molecule has 0 saturated carbocycles. The molecule has 0 radical (unpaired) electrons. The first-order valence-electron chi connectivity index (χ1n) is 4.74. The van der Waals surface area contributed by atoms with Crippen LogP contribution in [0.25, 0.3) is 0 Å². The van der Waals surface area contributed by atoms with Gasteiger partial charge in [0.1, 0.15) is 0 Å². The number of carboxylic acids is 2. The van der Waals surface area contributed by atoms with Crippen molar-refractivity contribution in [3.05, 3.63) is 35.9 Å². The van der Waals surface area contributed by atoms with Crippen LogP contribution in [0.4, 0.5) is 13.2 Å². The van der Waals surface area contributed by atoms with Crippen LogP contribution in [0.5, 0.6) is 0 Å². The van der Waals surface area contributed by atoms with Gasteiger partial charge in [-0.1, -0.05) is 30.3 Å². The van der Waals surface area contributed by atoms with Crippen LogP contribution in [0.15, 0.2) is 30.3 Å². The Hall–Kier alpha value is -2.05. The Morgan fingerprint density at radius 1 is 1.11 bits per heavy atom. The lowest BCUT2D eigenvalue weighted by Gasteiger charge is -2.04. The molecule has 0 bridgehead atoms. The summed E-state index contributed by atoms with van der Waals surface area (Å²) in [5.74, 6) is -3.94. The Morgan fingerprint density at radius 2 is 1.50 bits per heavy atom. The first-order valence-corrected chi connectivity index (χ1v) is 4.74. The molecule has 0 fully saturated rings. The maximum absolute atomic E-state index is 10.6. The van der Waals surface area contributed by atoms with Crippen molar-refractivity contribution in [1.82, 2.24) is 0 Å². The summed E-state index contributed by atoms with van der Waals surface area (Å²) >= 11 is 0. The Morgan fingerprint density at radius 3 is 1.78 bits per heavy atom. The quantitative estimate of drug-likeness (QED) is 0.860. The van der Waals surface area contributed by atoms with Crippen LogP contribution < -0.4 is 0 Å². The molecule has 1 atom stereocenters. The molecule has 4 nitrogen and oxygen atoms in total. The molecule has 0 amide bonds. The third-order valence-corrected chi connectivity index (χ3v) is 1.91. The molecule has 1 unspecified atom stereocenters. The molecule has 2 N–H and O–H groups in total. The van der Waals surface area contributed by atoms with Crippen molar-refractivity contribution in [2.24, 2.45) is 0 Å². The highest BCUT2D eigenvalue weighted by Gasteiger charge is 2.38. The first-order chi connectivity index (χ1) is 8.16. The molecule has 1 aromatic rings. The molecule has 1 rings (SSSR count). The van der Waals surface area contributed by atoms with Crippen LogP contribution in [-0.2, 0) is 9.59 Å². The van der Waals surface area contributed by atoms with E-state index in [4.69, 9.17) is 15.0 Å². The zero-order valence-corrected chi connectivity index (χ0v) is 9.31. The molecule has 18 heavy (non-hydrogen) atoms. The second-order valence-corrected chi connectivity index (χ2v) is 3.27. The van der Waals surface area contributed by atoms with Crippen molar-refractivity contribution < 1.29 is 33.0 Å². The summed E-state index contributed by atoms with van der Waals surface area (Å²) in [5.41, 5.74) is 0.847. The van der Waals surface area contributed by atoms with E-state index in [-0.39, 0.29) is 0 Å². The molecule has 0 aromatic heterocycles. The van der Waals surface area contributed by atoms with Crippen LogP contribution in [0.3, 0.4) is 0 Å². The van der Waals surface area contributed by atoms with E-state index in [2.05, 4.69) is 0 Å². The SMILES string of the molecule is CC(C(=O)O)c1ccccc1.O=C(O)C(F)(F)F. The van der Waals surface area contributed by atoms with Crippen molar-refractivity contribution in [2.75, 3.05) is 0 Å². The van der Waals surface area contributed by atoms with Gasteiger partial charge in [0.15, 0.2) is 0 Å². The molecule has 1 aromatic carbocycles. The van der Waals surface area contributed by atoms with Gasteiger partial charge in [0.2, 0.25) is 0 Å². The van der Waals surface area contributed by atoms with Gasteiger partial charge in [0.25, 0.3) is 0 Å². The monoisotopic (exact) mass is 264 g/mol. The maximum atomic E-state index is 10.6. The minimum absolute atomic E-state index is 0.406. The average molecular weight is 264 g/mol. The van der Waals surface area contributed by atoms with E-state index >= 15 is 0 Å². The fourth-order valence-corrected chi connectivity index (χ4v) is 0.884. The number of benzene rings is 1. The lowest BCUT2D eigenvalue weighted by atomic mass is 10.0. The largest absolute Gasteiger partial charge is 0.490 e. The first kappa shape index (κ1) is 16.0. The summed E-state index contributed by atoms with van der Waals surface area (Å²) in [6, 6.07) is 9.19. The van der Waals surface area contributed by atoms with Gasteiger partial charge < -0.3 is 10.2 Å². The van der Waals surface area contributed by atoms with Gasteiger partial charge in [-0.3, -0.25) is 4.79 Å². The van der Waals surface area contributed by atoms with E-state index in [1.165, 1.54) is 0 Å². The summed E-state index contributed by atoms with van der Waals surface area (Å²) in [5, 5.41) is 15.8. The van der Waals surface area contributed by atoms with Crippen LogP contribution in [-0.4, -0.2) is 28.3 Å². The van der Waals surface area contributed by atoms with E-state index in [1.807, 2.05) is 30.3 Å². The summed E-state index contributed by atoms with van der Waals surface area (Å²) < 4.78 is 31.7. The number of hydrogen-bond donors (Lipinski definition) is 2. The number of hydrogen-bond acceptors (Lipinski definition) is 2. The second kappa shape index (κ2) is 6.63. The van der Waals surface area contributed by atoms with Crippen molar-refractivity contribution in [3.63, 3.8) is 0 Å². The lowest BCUT2D eigenvalue weighted by molar-refractivity contribution is -0.192. The number of halogens is 3. The molecule has 100 valence electrons. The fourth-order valence-electron chi connectivity index (χ4n) is 0.884. The van der Waals surface area contributed by atoms with Crippen molar-refractivity contribution in [2.45, 2.75) is 19.0 Å². The zero-order chi connectivity index (χ0) is 14.3. The molecule has 0 heterocycles. The fraction of sp³-hybridized carbons (Fsp3) is 0.273. The highest BCUT2D eigenvalue weighted by Crippen LogP contribution is 2.14. The normalized spacial score (nSPS) is 12.0. The zero-order valence-electron chi connectivity index (χ0n) is 9.31. The predicted molar refractivity (Wildman–Crippen MR) is 56.2 cm³/mol. The molecule has 0 aliphatic heterocycles. The number of carboxylic acid groups (broad SMARTS) is 2. The predicted octanol–water partition coefficient (Wildman–Crippen LogP) is 2.51. The second-order valence-electron chi connectivity index (χ2n) is 3.27. The Labute approximate surface area is 101 Å².